The van der Waals surface area contributed by atoms with Gasteiger partial charge in [0.25, 0.3) is 5.91 Å². The molecular weight excluding hydrogens is 349 g/mol. The van der Waals surface area contributed by atoms with Crippen LogP contribution in [-0.2, 0) is 14.3 Å². The lowest BCUT2D eigenvalue weighted by Gasteiger charge is -2.06. The highest BCUT2D eigenvalue weighted by molar-refractivity contribution is 6.30. The van der Waals surface area contributed by atoms with Gasteiger partial charge in [-0.25, -0.2) is 4.39 Å². The lowest BCUT2D eigenvalue weighted by molar-refractivity contribution is -0.147. The van der Waals surface area contributed by atoms with Crippen molar-refractivity contribution < 1.29 is 23.5 Å². The van der Waals surface area contributed by atoms with Gasteiger partial charge in [0.1, 0.15) is 5.82 Å². The van der Waals surface area contributed by atoms with E-state index >= 15 is 0 Å². The van der Waals surface area contributed by atoms with Gasteiger partial charge in [-0.3, -0.25) is 14.4 Å². The number of esters is 1. The van der Waals surface area contributed by atoms with Gasteiger partial charge in [-0.2, -0.15) is 0 Å². The summed E-state index contributed by atoms with van der Waals surface area (Å²) < 4.78 is 17.6. The van der Waals surface area contributed by atoms with E-state index in [0.717, 1.165) is 0 Å². The summed E-state index contributed by atoms with van der Waals surface area (Å²) in [6, 6.07) is 11.5. The number of halogens is 2. The molecular formula is C18H15ClFNO4. The Morgan fingerprint density at radius 3 is 2.24 bits per heavy atom. The van der Waals surface area contributed by atoms with E-state index in [1.165, 1.54) is 24.3 Å². The van der Waals surface area contributed by atoms with Crippen LogP contribution in [0.4, 0.5) is 10.1 Å². The molecule has 0 aliphatic rings. The first kappa shape index (κ1) is 18.6. The second-order valence-corrected chi connectivity index (χ2v) is 5.58. The highest BCUT2D eigenvalue weighted by Gasteiger charge is 2.12. The second kappa shape index (κ2) is 8.94. The third kappa shape index (κ3) is 6.35. The van der Waals surface area contributed by atoms with E-state index in [2.05, 4.69) is 5.32 Å². The quantitative estimate of drug-likeness (QED) is 0.602. The molecule has 7 heteroatoms. The first-order valence-electron chi connectivity index (χ1n) is 7.44. The molecule has 0 aromatic heterocycles. The molecule has 0 spiro atoms. The minimum Gasteiger partial charge on any atom is -0.456 e. The molecule has 0 bridgehead atoms. The largest absolute Gasteiger partial charge is 0.456 e. The average Bonchev–Trinajstić information content (AvgIpc) is 2.60. The summed E-state index contributed by atoms with van der Waals surface area (Å²) in [7, 11) is 0. The molecule has 2 aromatic rings. The third-order valence-corrected chi connectivity index (χ3v) is 3.47. The van der Waals surface area contributed by atoms with Gasteiger partial charge >= 0.3 is 5.97 Å². The lowest BCUT2D eigenvalue weighted by Crippen LogP contribution is -2.21. The first-order valence-corrected chi connectivity index (χ1v) is 7.81. The fourth-order valence-electron chi connectivity index (χ4n) is 1.94. The number of Topliss-reactive ketones (excluding diaryl/α,β-unsaturated/α-hetero) is 1. The van der Waals surface area contributed by atoms with E-state index in [1.54, 1.807) is 24.3 Å². The summed E-state index contributed by atoms with van der Waals surface area (Å²) in [6.07, 6.45) is -0.161. The third-order valence-electron chi connectivity index (χ3n) is 3.21. The van der Waals surface area contributed by atoms with Crippen LogP contribution in [0, 0.1) is 5.82 Å². The highest BCUT2D eigenvalue weighted by atomic mass is 35.5. The molecule has 0 saturated carbocycles. The van der Waals surface area contributed by atoms with Crippen LogP contribution in [0.25, 0.3) is 0 Å². The van der Waals surface area contributed by atoms with Crippen LogP contribution in [0.15, 0.2) is 48.5 Å². The summed E-state index contributed by atoms with van der Waals surface area (Å²) in [5.41, 5.74) is 0.839. The Morgan fingerprint density at radius 2 is 1.60 bits per heavy atom. The minimum atomic E-state index is -0.656. The zero-order chi connectivity index (χ0) is 18.2. The molecule has 1 N–H and O–H groups in total. The maximum atomic E-state index is 12.8. The van der Waals surface area contributed by atoms with Crippen LogP contribution < -0.4 is 5.32 Å². The fourth-order valence-corrected chi connectivity index (χ4v) is 2.07. The molecule has 5 nitrogen and oxygen atoms in total. The second-order valence-electron chi connectivity index (χ2n) is 5.15. The molecule has 2 rings (SSSR count). The number of ether oxygens (including phenoxy) is 1. The minimum absolute atomic E-state index is 0.0277. The molecule has 1 amide bonds. The number of rotatable bonds is 7. The lowest BCUT2D eigenvalue weighted by atomic mass is 10.1. The predicted molar refractivity (Wildman–Crippen MR) is 91.0 cm³/mol. The average molecular weight is 364 g/mol. The Balaban J connectivity index is 1.71. The van der Waals surface area contributed by atoms with Crippen molar-refractivity contribution in [3.63, 3.8) is 0 Å². The van der Waals surface area contributed by atoms with Crippen molar-refractivity contribution in [3.8, 4) is 0 Å². The van der Waals surface area contributed by atoms with Gasteiger partial charge in [0.05, 0.1) is 6.42 Å². The monoisotopic (exact) mass is 363 g/mol. The Labute approximate surface area is 148 Å². The summed E-state index contributed by atoms with van der Waals surface area (Å²) in [5.74, 6) is -1.85. The van der Waals surface area contributed by atoms with E-state index in [4.69, 9.17) is 16.3 Å². The Hall–Kier alpha value is -2.73. The van der Waals surface area contributed by atoms with Crippen molar-refractivity contribution in [3.05, 3.63) is 64.9 Å². The van der Waals surface area contributed by atoms with Crippen molar-refractivity contribution in [2.75, 3.05) is 11.9 Å². The zero-order valence-corrected chi connectivity index (χ0v) is 13.9. The van der Waals surface area contributed by atoms with Crippen LogP contribution in [0.2, 0.25) is 5.02 Å². The van der Waals surface area contributed by atoms with Gasteiger partial charge in [-0.05, 0) is 48.5 Å². The summed E-state index contributed by atoms with van der Waals surface area (Å²) in [6.45, 7) is -0.481. The molecule has 2 aromatic carbocycles. The summed E-state index contributed by atoms with van der Waals surface area (Å²) in [4.78, 5) is 35.1. The number of carbonyl (C=O) groups excluding carboxylic acids is 3. The van der Waals surface area contributed by atoms with Crippen molar-refractivity contribution in [1.29, 1.82) is 0 Å². The van der Waals surface area contributed by atoms with Gasteiger partial charge in [-0.1, -0.05) is 11.6 Å². The van der Waals surface area contributed by atoms with Crippen LogP contribution in [0.1, 0.15) is 23.2 Å². The van der Waals surface area contributed by atoms with Crippen molar-refractivity contribution in [2.45, 2.75) is 12.8 Å². The smallest absolute Gasteiger partial charge is 0.306 e. The number of hydrogen-bond acceptors (Lipinski definition) is 4. The van der Waals surface area contributed by atoms with Gasteiger partial charge in [-0.15, -0.1) is 0 Å². The van der Waals surface area contributed by atoms with E-state index in [-0.39, 0.29) is 18.6 Å². The van der Waals surface area contributed by atoms with Crippen molar-refractivity contribution in [1.82, 2.24) is 0 Å². The molecule has 0 aliphatic carbocycles. The Bertz CT molecular complexity index is 760. The van der Waals surface area contributed by atoms with E-state index in [1.807, 2.05) is 0 Å². The van der Waals surface area contributed by atoms with Crippen LogP contribution >= 0.6 is 11.6 Å². The van der Waals surface area contributed by atoms with E-state index in [0.29, 0.717) is 16.3 Å². The van der Waals surface area contributed by atoms with Crippen molar-refractivity contribution >= 4 is 34.9 Å². The fraction of sp³-hybridized carbons (Fsp3) is 0.167. The molecule has 25 heavy (non-hydrogen) atoms. The topological polar surface area (TPSA) is 72.5 Å². The van der Waals surface area contributed by atoms with Gasteiger partial charge in [0.15, 0.2) is 12.4 Å². The van der Waals surface area contributed by atoms with Gasteiger partial charge < -0.3 is 10.1 Å². The maximum Gasteiger partial charge on any atom is 0.306 e. The molecule has 0 heterocycles. The number of carbonyl (C=O) groups is 3. The predicted octanol–water partition coefficient (Wildman–Crippen LogP) is 3.62. The number of ketones is 1. The first-order chi connectivity index (χ1) is 11.9. The SMILES string of the molecule is O=C(COC(=O)CCC(=O)c1ccc(Cl)cc1)Nc1ccc(F)cc1. The molecule has 0 saturated heterocycles. The van der Waals surface area contributed by atoms with E-state index in [9.17, 15) is 18.8 Å². The molecule has 0 unspecified atom stereocenters. The van der Waals surface area contributed by atoms with Gasteiger partial charge in [0, 0.05) is 22.7 Å². The summed E-state index contributed by atoms with van der Waals surface area (Å²) in [5, 5.41) is 2.98. The Kier molecular flexibility index (Phi) is 6.65. The number of amides is 1. The van der Waals surface area contributed by atoms with E-state index < -0.39 is 24.3 Å². The standard InChI is InChI=1S/C18H15ClFNO4/c19-13-3-1-12(2-4-13)16(22)9-10-18(24)25-11-17(23)21-15-7-5-14(20)6-8-15/h1-8H,9-11H2,(H,21,23). The molecule has 0 aliphatic heterocycles. The number of nitrogens with one attached hydrogen (secondary N) is 1. The number of anilines is 1. The maximum absolute atomic E-state index is 12.8. The molecule has 0 atom stereocenters. The Morgan fingerprint density at radius 1 is 0.960 bits per heavy atom. The summed E-state index contributed by atoms with van der Waals surface area (Å²) >= 11 is 5.74. The van der Waals surface area contributed by atoms with Crippen LogP contribution in [0.3, 0.4) is 0 Å². The molecule has 0 fully saturated rings. The van der Waals surface area contributed by atoms with Crippen molar-refractivity contribution in [2.24, 2.45) is 0 Å². The molecule has 0 radical (unpaired) electrons. The zero-order valence-electron chi connectivity index (χ0n) is 13.1. The highest BCUT2D eigenvalue weighted by Crippen LogP contribution is 2.12. The normalized spacial score (nSPS) is 10.2. The van der Waals surface area contributed by atoms with Crippen LogP contribution in [0.5, 0.6) is 0 Å². The molecule has 130 valence electrons. The number of hydrogen-bond donors (Lipinski definition) is 1. The van der Waals surface area contributed by atoms with Crippen LogP contribution in [-0.4, -0.2) is 24.3 Å². The number of benzene rings is 2. The van der Waals surface area contributed by atoms with Gasteiger partial charge in [0.2, 0.25) is 0 Å².